The highest BCUT2D eigenvalue weighted by atomic mass is 79.9. The largest absolute Gasteiger partial charge is 0.504 e. The third-order valence-electron chi connectivity index (χ3n) is 1.70. The van der Waals surface area contributed by atoms with Crippen molar-refractivity contribution in [1.82, 2.24) is 0 Å². The second-order valence-corrected chi connectivity index (χ2v) is 4.20. The Morgan fingerprint density at radius 3 is 2.92 bits per heavy atom. The van der Waals surface area contributed by atoms with Gasteiger partial charge in [0.15, 0.2) is 5.75 Å². The number of nitrogens with two attached hydrogens (primary N) is 1. The molecule has 0 radical (unpaired) electrons. The highest BCUT2D eigenvalue weighted by Crippen LogP contribution is 2.38. The van der Waals surface area contributed by atoms with Gasteiger partial charge < -0.3 is 10.8 Å². The Morgan fingerprint density at radius 2 is 2.17 bits per heavy atom. The molecule has 1 aromatic carbocycles. The van der Waals surface area contributed by atoms with Crippen LogP contribution in [0.15, 0.2) is 22.0 Å². The van der Waals surface area contributed by atoms with Crippen molar-refractivity contribution in [3.8, 4) is 5.75 Å². The van der Waals surface area contributed by atoms with E-state index in [1.807, 2.05) is 11.4 Å². The fraction of sp³-hybridized carbons (Fsp3) is 0. The van der Waals surface area contributed by atoms with E-state index in [-0.39, 0.29) is 5.75 Å². The molecule has 0 aliphatic rings. The molecule has 62 valence electrons. The van der Waals surface area contributed by atoms with Crippen LogP contribution in [0.2, 0.25) is 0 Å². The van der Waals surface area contributed by atoms with Gasteiger partial charge in [0.1, 0.15) is 0 Å². The summed E-state index contributed by atoms with van der Waals surface area (Å²) in [5, 5.41) is 12.5. The Morgan fingerprint density at radius 1 is 1.42 bits per heavy atom. The Kier molecular flexibility index (Phi) is 1.73. The van der Waals surface area contributed by atoms with Crippen molar-refractivity contribution in [2.24, 2.45) is 0 Å². The molecule has 12 heavy (non-hydrogen) atoms. The summed E-state index contributed by atoms with van der Waals surface area (Å²) in [5.41, 5.74) is 5.96. The fourth-order valence-corrected chi connectivity index (χ4v) is 2.69. The second kappa shape index (κ2) is 2.64. The van der Waals surface area contributed by atoms with Crippen LogP contribution in [0.25, 0.3) is 10.1 Å². The van der Waals surface area contributed by atoms with E-state index in [0.29, 0.717) is 5.69 Å². The molecule has 0 saturated carbocycles. The lowest BCUT2D eigenvalue weighted by molar-refractivity contribution is 0.485. The zero-order valence-electron chi connectivity index (χ0n) is 6.04. The zero-order chi connectivity index (χ0) is 8.72. The lowest BCUT2D eigenvalue weighted by Crippen LogP contribution is -1.83. The highest BCUT2D eigenvalue weighted by molar-refractivity contribution is 9.10. The number of thiophene rings is 1. The minimum atomic E-state index is 0.184. The molecule has 4 heteroatoms. The number of aromatic hydroxyl groups is 1. The van der Waals surface area contributed by atoms with Crippen molar-refractivity contribution in [1.29, 1.82) is 0 Å². The van der Waals surface area contributed by atoms with E-state index in [9.17, 15) is 5.11 Å². The maximum absolute atomic E-state index is 9.54. The normalized spacial score (nSPS) is 10.8. The first-order valence-electron chi connectivity index (χ1n) is 3.34. The minimum Gasteiger partial charge on any atom is -0.504 e. The molecule has 0 aliphatic carbocycles. The van der Waals surface area contributed by atoms with Crippen LogP contribution in [-0.4, -0.2) is 5.11 Å². The van der Waals surface area contributed by atoms with Crippen LogP contribution in [-0.2, 0) is 0 Å². The Labute approximate surface area is 81.8 Å². The van der Waals surface area contributed by atoms with Crippen LogP contribution in [0.5, 0.6) is 5.75 Å². The van der Waals surface area contributed by atoms with Gasteiger partial charge in [-0.25, -0.2) is 0 Å². The van der Waals surface area contributed by atoms with Gasteiger partial charge in [0, 0.05) is 15.2 Å². The summed E-state index contributed by atoms with van der Waals surface area (Å²) in [6.45, 7) is 0. The average molecular weight is 244 g/mol. The van der Waals surface area contributed by atoms with Crippen LogP contribution < -0.4 is 5.73 Å². The van der Waals surface area contributed by atoms with E-state index >= 15 is 0 Å². The molecule has 0 spiro atoms. The third-order valence-corrected chi connectivity index (χ3v) is 3.66. The standard InChI is InChI=1S/C8H6BrNOS/c9-5-3-12-8-4(5)1-2-6(10)7(8)11/h1-3,11H,10H2. The molecule has 0 unspecified atom stereocenters. The molecule has 2 rings (SSSR count). The van der Waals surface area contributed by atoms with Crippen molar-refractivity contribution in [3.05, 3.63) is 22.0 Å². The number of anilines is 1. The van der Waals surface area contributed by atoms with Crippen molar-refractivity contribution in [3.63, 3.8) is 0 Å². The van der Waals surface area contributed by atoms with Gasteiger partial charge in [0.05, 0.1) is 10.4 Å². The van der Waals surface area contributed by atoms with Crippen molar-refractivity contribution < 1.29 is 5.11 Å². The molecule has 0 fully saturated rings. The van der Waals surface area contributed by atoms with E-state index < -0.39 is 0 Å². The summed E-state index contributed by atoms with van der Waals surface area (Å²) in [5.74, 6) is 0.184. The summed E-state index contributed by atoms with van der Waals surface area (Å²) in [6, 6.07) is 3.60. The van der Waals surface area contributed by atoms with Crippen LogP contribution in [0, 0.1) is 0 Å². The van der Waals surface area contributed by atoms with E-state index in [1.54, 1.807) is 6.07 Å². The SMILES string of the molecule is Nc1ccc2c(Br)csc2c1O. The first-order chi connectivity index (χ1) is 5.70. The van der Waals surface area contributed by atoms with Gasteiger partial charge in [0.25, 0.3) is 0 Å². The molecule has 1 heterocycles. The summed E-state index contributed by atoms with van der Waals surface area (Å²) >= 11 is 4.86. The highest BCUT2D eigenvalue weighted by Gasteiger charge is 2.07. The number of phenols is 1. The van der Waals surface area contributed by atoms with Gasteiger partial charge >= 0.3 is 0 Å². The Balaban J connectivity index is 2.93. The number of phenolic OH excluding ortho intramolecular Hbond substituents is 1. The molecule has 1 aromatic heterocycles. The molecule has 2 nitrogen and oxygen atoms in total. The van der Waals surface area contributed by atoms with E-state index in [4.69, 9.17) is 5.73 Å². The average Bonchev–Trinajstić information content (AvgIpc) is 2.41. The number of benzene rings is 1. The maximum atomic E-state index is 9.54. The Hall–Kier alpha value is -0.740. The molecule has 2 aromatic rings. The topological polar surface area (TPSA) is 46.2 Å². The van der Waals surface area contributed by atoms with Crippen LogP contribution in [0.3, 0.4) is 0 Å². The van der Waals surface area contributed by atoms with E-state index in [1.165, 1.54) is 11.3 Å². The number of rotatable bonds is 0. The zero-order valence-corrected chi connectivity index (χ0v) is 8.45. The van der Waals surface area contributed by atoms with Crippen LogP contribution in [0.1, 0.15) is 0 Å². The van der Waals surface area contributed by atoms with Gasteiger partial charge in [-0.05, 0) is 22.0 Å². The van der Waals surface area contributed by atoms with E-state index in [0.717, 1.165) is 14.6 Å². The predicted molar refractivity (Wildman–Crippen MR) is 55.6 cm³/mol. The summed E-state index contributed by atoms with van der Waals surface area (Å²) < 4.78 is 1.83. The summed E-state index contributed by atoms with van der Waals surface area (Å²) in [4.78, 5) is 0. The van der Waals surface area contributed by atoms with Crippen molar-refractivity contribution >= 4 is 43.0 Å². The smallest absolute Gasteiger partial charge is 0.156 e. The molecule has 0 amide bonds. The maximum Gasteiger partial charge on any atom is 0.156 e. The van der Waals surface area contributed by atoms with Crippen molar-refractivity contribution in [2.45, 2.75) is 0 Å². The van der Waals surface area contributed by atoms with Gasteiger partial charge in [-0.3, -0.25) is 0 Å². The molecule has 0 aliphatic heterocycles. The first-order valence-corrected chi connectivity index (χ1v) is 5.01. The lowest BCUT2D eigenvalue weighted by Gasteiger charge is -1.98. The van der Waals surface area contributed by atoms with Gasteiger partial charge in [-0.2, -0.15) is 0 Å². The van der Waals surface area contributed by atoms with Gasteiger partial charge in [0.2, 0.25) is 0 Å². The molecule has 3 N–H and O–H groups in total. The van der Waals surface area contributed by atoms with Crippen molar-refractivity contribution in [2.75, 3.05) is 5.73 Å². The molecule has 0 atom stereocenters. The second-order valence-electron chi connectivity index (χ2n) is 2.46. The summed E-state index contributed by atoms with van der Waals surface area (Å²) in [6.07, 6.45) is 0. The number of hydrogen-bond donors (Lipinski definition) is 2. The van der Waals surface area contributed by atoms with E-state index in [2.05, 4.69) is 15.9 Å². The lowest BCUT2D eigenvalue weighted by atomic mass is 10.2. The monoisotopic (exact) mass is 243 g/mol. The predicted octanol–water partition coefficient (Wildman–Crippen LogP) is 2.95. The third kappa shape index (κ3) is 0.990. The quantitative estimate of drug-likeness (QED) is 0.552. The Bertz CT molecular complexity index is 438. The first kappa shape index (κ1) is 7.89. The number of nitrogen functional groups attached to an aromatic ring is 1. The molecular weight excluding hydrogens is 238 g/mol. The molecular formula is C8H6BrNOS. The van der Waals surface area contributed by atoms with Gasteiger partial charge in [-0.1, -0.05) is 6.07 Å². The summed E-state index contributed by atoms with van der Waals surface area (Å²) in [7, 11) is 0. The minimum absolute atomic E-state index is 0.184. The molecule has 0 saturated heterocycles. The number of fused-ring (bicyclic) bond motifs is 1. The number of halogens is 1. The van der Waals surface area contributed by atoms with Crippen LogP contribution >= 0.6 is 27.3 Å². The number of hydrogen-bond acceptors (Lipinski definition) is 3. The van der Waals surface area contributed by atoms with Gasteiger partial charge in [-0.15, -0.1) is 11.3 Å². The van der Waals surface area contributed by atoms with Crippen LogP contribution in [0.4, 0.5) is 5.69 Å². The molecule has 0 bridgehead atoms. The fourth-order valence-electron chi connectivity index (χ4n) is 1.07.